The van der Waals surface area contributed by atoms with E-state index in [9.17, 15) is 4.79 Å². The highest BCUT2D eigenvalue weighted by atomic mass is 16.2. The zero-order valence-corrected chi connectivity index (χ0v) is 15.4. The van der Waals surface area contributed by atoms with Gasteiger partial charge in [0.1, 0.15) is 0 Å². The monoisotopic (exact) mass is 358 g/mol. The Hall–Kier alpha value is -2.92. The molecule has 5 nitrogen and oxygen atoms in total. The third-order valence-electron chi connectivity index (χ3n) is 5.94. The Morgan fingerprint density at radius 3 is 2.59 bits per heavy atom. The van der Waals surface area contributed by atoms with E-state index in [-0.39, 0.29) is 5.91 Å². The summed E-state index contributed by atoms with van der Waals surface area (Å²) in [6.45, 7) is 2.48. The van der Waals surface area contributed by atoms with Gasteiger partial charge in [0.05, 0.1) is 16.8 Å². The van der Waals surface area contributed by atoms with E-state index in [2.05, 4.69) is 22.1 Å². The van der Waals surface area contributed by atoms with E-state index >= 15 is 0 Å². The van der Waals surface area contributed by atoms with Gasteiger partial charge in [0.25, 0.3) is 0 Å². The molecular weight excluding hydrogens is 336 g/mol. The first-order valence-corrected chi connectivity index (χ1v) is 9.37. The topological polar surface area (TPSA) is 41.4 Å². The second-order valence-corrected chi connectivity index (χ2v) is 7.48. The molecule has 3 aromatic rings. The van der Waals surface area contributed by atoms with Crippen LogP contribution in [0.1, 0.15) is 17.7 Å². The van der Waals surface area contributed by atoms with Crippen molar-refractivity contribution in [3.63, 3.8) is 0 Å². The van der Waals surface area contributed by atoms with Gasteiger partial charge in [-0.05, 0) is 36.2 Å². The normalized spacial score (nSPS) is 22.0. The lowest BCUT2D eigenvalue weighted by Gasteiger charge is -2.24. The Labute approximate surface area is 158 Å². The number of carbonyl (C=O) groups is 1. The smallest absolute Gasteiger partial charge is 0.243 e. The standard InChI is InChI=1S/C22H22N4O/c1-24-18(11-13-23-24)15-25-14-12-22(16-25)19-9-5-6-10-20(19)26(21(22)27)17-7-3-2-4-8-17/h2-11,13H,12,14-16H2,1H3. The first-order chi connectivity index (χ1) is 13.2. The molecule has 136 valence electrons. The van der Waals surface area contributed by atoms with Gasteiger partial charge in [-0.2, -0.15) is 5.10 Å². The minimum Gasteiger partial charge on any atom is -0.296 e. The molecule has 1 saturated heterocycles. The molecule has 0 aliphatic carbocycles. The van der Waals surface area contributed by atoms with Crippen molar-refractivity contribution >= 4 is 17.3 Å². The number of benzene rings is 2. The molecule has 1 unspecified atom stereocenters. The molecule has 1 spiro atoms. The minimum absolute atomic E-state index is 0.197. The van der Waals surface area contributed by atoms with Crippen molar-refractivity contribution in [3.8, 4) is 0 Å². The van der Waals surface area contributed by atoms with E-state index in [0.29, 0.717) is 0 Å². The van der Waals surface area contributed by atoms with Crippen molar-refractivity contribution in [3.05, 3.63) is 78.1 Å². The lowest BCUT2D eigenvalue weighted by Crippen LogP contribution is -2.40. The maximum Gasteiger partial charge on any atom is 0.243 e. The number of rotatable bonds is 3. The van der Waals surface area contributed by atoms with Crippen LogP contribution < -0.4 is 4.90 Å². The Morgan fingerprint density at radius 1 is 1.04 bits per heavy atom. The van der Waals surface area contributed by atoms with E-state index in [1.54, 1.807) is 0 Å². The van der Waals surface area contributed by atoms with Crippen molar-refractivity contribution in [1.82, 2.24) is 14.7 Å². The highest BCUT2D eigenvalue weighted by molar-refractivity contribution is 6.13. The number of likely N-dealkylation sites (tertiary alicyclic amines) is 1. The number of fused-ring (bicyclic) bond motifs is 2. The van der Waals surface area contributed by atoms with E-state index in [1.807, 2.05) is 71.4 Å². The molecule has 0 radical (unpaired) electrons. The number of amides is 1. The van der Waals surface area contributed by atoms with Gasteiger partial charge < -0.3 is 0 Å². The van der Waals surface area contributed by atoms with Gasteiger partial charge in [0, 0.05) is 38.6 Å². The van der Waals surface area contributed by atoms with Crippen LogP contribution in [-0.2, 0) is 23.8 Å². The van der Waals surface area contributed by atoms with Crippen LogP contribution in [0, 0.1) is 0 Å². The zero-order valence-electron chi connectivity index (χ0n) is 15.4. The molecule has 27 heavy (non-hydrogen) atoms. The Morgan fingerprint density at radius 2 is 1.81 bits per heavy atom. The summed E-state index contributed by atoms with van der Waals surface area (Å²) in [7, 11) is 1.97. The number of hydrogen-bond acceptors (Lipinski definition) is 3. The van der Waals surface area contributed by atoms with Crippen LogP contribution in [0.4, 0.5) is 11.4 Å². The quantitative estimate of drug-likeness (QED) is 0.722. The molecule has 0 bridgehead atoms. The summed E-state index contributed by atoms with van der Waals surface area (Å²) in [5, 5.41) is 4.27. The second kappa shape index (κ2) is 6.06. The fourth-order valence-electron chi connectivity index (χ4n) is 4.55. The van der Waals surface area contributed by atoms with Gasteiger partial charge in [-0.3, -0.25) is 19.3 Å². The van der Waals surface area contributed by atoms with Crippen molar-refractivity contribution < 1.29 is 4.79 Å². The van der Waals surface area contributed by atoms with Crippen LogP contribution in [0.2, 0.25) is 0 Å². The van der Waals surface area contributed by atoms with Crippen LogP contribution in [0.3, 0.4) is 0 Å². The molecule has 0 saturated carbocycles. The van der Waals surface area contributed by atoms with Crippen molar-refractivity contribution in [2.45, 2.75) is 18.4 Å². The number of hydrogen-bond donors (Lipinski definition) is 0. The van der Waals surface area contributed by atoms with Crippen LogP contribution in [-0.4, -0.2) is 33.7 Å². The number of anilines is 2. The lowest BCUT2D eigenvalue weighted by molar-refractivity contribution is -0.122. The van der Waals surface area contributed by atoms with Gasteiger partial charge in [0.2, 0.25) is 5.91 Å². The predicted molar refractivity (Wildman–Crippen MR) is 105 cm³/mol. The van der Waals surface area contributed by atoms with Crippen molar-refractivity contribution in [1.29, 1.82) is 0 Å². The number of para-hydroxylation sites is 2. The Balaban J connectivity index is 1.51. The van der Waals surface area contributed by atoms with Gasteiger partial charge in [-0.25, -0.2) is 0 Å². The van der Waals surface area contributed by atoms with Crippen molar-refractivity contribution in [2.75, 3.05) is 18.0 Å². The van der Waals surface area contributed by atoms with Crippen LogP contribution >= 0.6 is 0 Å². The van der Waals surface area contributed by atoms with E-state index in [1.165, 1.54) is 5.69 Å². The van der Waals surface area contributed by atoms with Crippen molar-refractivity contribution in [2.24, 2.45) is 7.05 Å². The summed E-state index contributed by atoms with van der Waals surface area (Å²) in [4.78, 5) is 18.0. The van der Waals surface area contributed by atoms with E-state index in [0.717, 1.165) is 43.0 Å². The molecule has 1 aromatic heterocycles. The number of aromatic nitrogens is 2. The fraction of sp³-hybridized carbons (Fsp3) is 0.273. The molecule has 2 aliphatic heterocycles. The summed E-state index contributed by atoms with van der Waals surface area (Å²) in [5.41, 5.74) is 3.84. The summed E-state index contributed by atoms with van der Waals surface area (Å²) < 4.78 is 1.91. The summed E-state index contributed by atoms with van der Waals surface area (Å²) in [5.74, 6) is 0.197. The molecule has 2 aliphatic rings. The van der Waals surface area contributed by atoms with Gasteiger partial charge in [-0.1, -0.05) is 36.4 Å². The summed E-state index contributed by atoms with van der Waals surface area (Å²) >= 11 is 0. The first kappa shape index (κ1) is 16.3. The molecule has 5 rings (SSSR count). The maximum atomic E-state index is 13.7. The summed E-state index contributed by atoms with van der Waals surface area (Å²) in [6, 6.07) is 20.3. The van der Waals surface area contributed by atoms with Gasteiger partial charge in [-0.15, -0.1) is 0 Å². The van der Waals surface area contributed by atoms with Crippen LogP contribution in [0.5, 0.6) is 0 Å². The zero-order chi connectivity index (χ0) is 18.4. The first-order valence-electron chi connectivity index (χ1n) is 9.37. The van der Waals surface area contributed by atoms with Gasteiger partial charge >= 0.3 is 0 Å². The SMILES string of the molecule is Cn1nccc1CN1CCC2(C1)C(=O)N(c1ccccc1)c1ccccc12. The molecule has 1 amide bonds. The van der Waals surface area contributed by atoms with E-state index in [4.69, 9.17) is 0 Å². The maximum absolute atomic E-state index is 13.7. The molecule has 0 N–H and O–H groups in total. The molecule has 1 fully saturated rings. The highest BCUT2D eigenvalue weighted by Gasteiger charge is 2.54. The van der Waals surface area contributed by atoms with Crippen LogP contribution in [0.15, 0.2) is 66.9 Å². The van der Waals surface area contributed by atoms with Gasteiger partial charge in [0.15, 0.2) is 0 Å². The molecule has 2 aromatic carbocycles. The third kappa shape index (κ3) is 2.42. The number of nitrogens with zero attached hydrogens (tertiary/aromatic N) is 4. The lowest BCUT2D eigenvalue weighted by atomic mass is 9.81. The summed E-state index contributed by atoms with van der Waals surface area (Å²) in [6.07, 6.45) is 2.68. The average Bonchev–Trinajstić information content (AvgIpc) is 3.36. The Bertz CT molecular complexity index is 996. The molecule has 3 heterocycles. The highest BCUT2D eigenvalue weighted by Crippen LogP contribution is 2.49. The average molecular weight is 358 g/mol. The Kier molecular flexibility index (Phi) is 3.65. The molecule has 5 heteroatoms. The largest absolute Gasteiger partial charge is 0.296 e. The van der Waals surface area contributed by atoms with Crippen LogP contribution in [0.25, 0.3) is 0 Å². The van der Waals surface area contributed by atoms with E-state index < -0.39 is 5.41 Å². The fourth-order valence-corrected chi connectivity index (χ4v) is 4.55. The second-order valence-electron chi connectivity index (χ2n) is 7.48. The number of carbonyl (C=O) groups excluding carboxylic acids is 1. The third-order valence-corrected chi connectivity index (χ3v) is 5.94. The predicted octanol–water partition coefficient (Wildman–Crippen LogP) is 3.24. The number of aryl methyl sites for hydroxylation is 1. The molecular formula is C22H22N4O. The molecule has 1 atom stereocenters. The minimum atomic E-state index is -0.453.